The molecular formula is C15H28O. The number of hydrogen-bond acceptors (Lipinski definition) is 1. The fourth-order valence-electron chi connectivity index (χ4n) is 4.30. The van der Waals surface area contributed by atoms with Crippen LogP contribution in [0.15, 0.2) is 0 Å². The molecule has 2 saturated carbocycles. The highest BCUT2D eigenvalue weighted by atomic mass is 16.3. The van der Waals surface area contributed by atoms with Crippen LogP contribution in [0, 0.1) is 23.2 Å². The maximum absolute atomic E-state index is 10.2. The van der Waals surface area contributed by atoms with Crippen LogP contribution in [-0.4, -0.2) is 10.7 Å². The topological polar surface area (TPSA) is 20.2 Å². The lowest BCUT2D eigenvalue weighted by Crippen LogP contribution is -2.45. The molecule has 0 spiro atoms. The molecule has 94 valence electrons. The van der Waals surface area contributed by atoms with Gasteiger partial charge in [-0.3, -0.25) is 0 Å². The quantitative estimate of drug-likeness (QED) is 0.714. The average molecular weight is 224 g/mol. The Labute approximate surface area is 101 Å². The lowest BCUT2D eigenvalue weighted by Gasteiger charge is -2.52. The molecule has 1 unspecified atom stereocenters. The van der Waals surface area contributed by atoms with Gasteiger partial charge in [0, 0.05) is 0 Å². The van der Waals surface area contributed by atoms with Crippen molar-refractivity contribution in [1.29, 1.82) is 0 Å². The summed E-state index contributed by atoms with van der Waals surface area (Å²) in [6, 6.07) is 0. The Balaban J connectivity index is 2.12. The van der Waals surface area contributed by atoms with Gasteiger partial charge in [0.05, 0.1) is 5.60 Å². The van der Waals surface area contributed by atoms with E-state index in [4.69, 9.17) is 0 Å². The second kappa shape index (κ2) is 4.01. The van der Waals surface area contributed by atoms with E-state index in [1.165, 1.54) is 38.5 Å². The Morgan fingerprint density at radius 3 is 2.50 bits per heavy atom. The smallest absolute Gasteiger partial charge is 0.0619 e. The molecule has 1 heteroatoms. The minimum Gasteiger partial charge on any atom is -0.390 e. The van der Waals surface area contributed by atoms with Gasteiger partial charge in [0.15, 0.2) is 0 Å². The van der Waals surface area contributed by atoms with E-state index < -0.39 is 5.60 Å². The van der Waals surface area contributed by atoms with Crippen molar-refractivity contribution in [1.82, 2.24) is 0 Å². The van der Waals surface area contributed by atoms with E-state index in [2.05, 4.69) is 13.8 Å². The number of aliphatic hydroxyl groups is 1. The average Bonchev–Trinajstić information content (AvgIpc) is 2.15. The molecule has 0 amide bonds. The Hall–Kier alpha value is -0.0400. The van der Waals surface area contributed by atoms with Crippen LogP contribution in [-0.2, 0) is 0 Å². The third-order valence-electron chi connectivity index (χ3n) is 5.59. The Kier molecular flexibility index (Phi) is 3.11. The molecule has 0 heterocycles. The van der Waals surface area contributed by atoms with Crippen molar-refractivity contribution >= 4 is 0 Å². The van der Waals surface area contributed by atoms with Crippen molar-refractivity contribution < 1.29 is 5.11 Å². The van der Waals surface area contributed by atoms with Crippen molar-refractivity contribution in [3.63, 3.8) is 0 Å². The molecule has 2 aliphatic carbocycles. The molecule has 0 aromatic heterocycles. The van der Waals surface area contributed by atoms with E-state index in [1.54, 1.807) is 0 Å². The number of hydrogen-bond donors (Lipinski definition) is 1. The predicted molar refractivity (Wildman–Crippen MR) is 68.3 cm³/mol. The molecule has 0 radical (unpaired) electrons. The van der Waals surface area contributed by atoms with E-state index in [9.17, 15) is 5.11 Å². The van der Waals surface area contributed by atoms with Gasteiger partial charge in [-0.15, -0.1) is 0 Å². The molecule has 1 nitrogen and oxygen atoms in total. The summed E-state index contributed by atoms with van der Waals surface area (Å²) in [5, 5.41) is 10.2. The zero-order chi connectivity index (χ0) is 12.0. The van der Waals surface area contributed by atoms with E-state index in [0.717, 1.165) is 11.8 Å². The Bertz CT molecular complexity index is 253. The van der Waals surface area contributed by atoms with Crippen LogP contribution < -0.4 is 0 Å². The summed E-state index contributed by atoms with van der Waals surface area (Å²) in [5.74, 6) is 2.24. The highest BCUT2D eigenvalue weighted by Gasteiger charge is 2.46. The van der Waals surface area contributed by atoms with Crippen molar-refractivity contribution in [2.24, 2.45) is 23.2 Å². The zero-order valence-corrected chi connectivity index (χ0v) is 11.4. The summed E-state index contributed by atoms with van der Waals surface area (Å²) in [7, 11) is 0. The fourth-order valence-corrected chi connectivity index (χ4v) is 4.30. The van der Waals surface area contributed by atoms with Crippen LogP contribution in [0.25, 0.3) is 0 Å². The van der Waals surface area contributed by atoms with Gasteiger partial charge in [0.25, 0.3) is 0 Å². The molecule has 2 aliphatic rings. The van der Waals surface area contributed by atoms with Crippen molar-refractivity contribution in [3.8, 4) is 0 Å². The van der Waals surface area contributed by atoms with E-state index >= 15 is 0 Å². The standard InChI is InChI=1S/C15H28O/c1-11-6-5-8-15(4)9-7-12(10-13(11)15)14(2,3)16/h11-13,16H,5-10H2,1-4H3/t11?,12-,13+,15+/m0/s1. The summed E-state index contributed by atoms with van der Waals surface area (Å²) >= 11 is 0. The van der Waals surface area contributed by atoms with Gasteiger partial charge in [0.2, 0.25) is 0 Å². The predicted octanol–water partition coefficient (Wildman–Crippen LogP) is 4.00. The van der Waals surface area contributed by atoms with Crippen LogP contribution in [0.2, 0.25) is 0 Å². The minimum absolute atomic E-state index is 0.474. The molecule has 1 N–H and O–H groups in total. The van der Waals surface area contributed by atoms with Crippen LogP contribution in [0.4, 0.5) is 0 Å². The molecule has 0 saturated heterocycles. The van der Waals surface area contributed by atoms with Crippen molar-refractivity contribution in [2.45, 2.75) is 71.8 Å². The molecule has 16 heavy (non-hydrogen) atoms. The minimum atomic E-state index is -0.474. The largest absolute Gasteiger partial charge is 0.390 e. The van der Waals surface area contributed by atoms with Crippen LogP contribution >= 0.6 is 0 Å². The van der Waals surface area contributed by atoms with Gasteiger partial charge in [-0.2, -0.15) is 0 Å². The summed E-state index contributed by atoms with van der Waals surface area (Å²) in [6.45, 7) is 8.91. The molecule has 2 fully saturated rings. The lowest BCUT2D eigenvalue weighted by atomic mass is 9.54. The lowest BCUT2D eigenvalue weighted by molar-refractivity contribution is -0.0686. The second-order valence-electron chi connectivity index (χ2n) is 7.25. The first-order valence-corrected chi connectivity index (χ1v) is 7.05. The van der Waals surface area contributed by atoms with Gasteiger partial charge >= 0.3 is 0 Å². The first-order valence-electron chi connectivity index (χ1n) is 7.05. The summed E-state index contributed by atoms with van der Waals surface area (Å²) in [4.78, 5) is 0. The first-order chi connectivity index (χ1) is 7.33. The van der Waals surface area contributed by atoms with Crippen LogP contribution in [0.3, 0.4) is 0 Å². The fraction of sp³-hybridized carbons (Fsp3) is 1.00. The van der Waals surface area contributed by atoms with E-state index in [-0.39, 0.29) is 0 Å². The molecule has 0 bridgehead atoms. The summed E-state index contributed by atoms with van der Waals surface area (Å²) in [5.41, 5.74) is 0.109. The molecule has 0 aromatic rings. The van der Waals surface area contributed by atoms with Crippen LogP contribution in [0.5, 0.6) is 0 Å². The second-order valence-corrected chi connectivity index (χ2v) is 7.25. The summed E-state index contributed by atoms with van der Waals surface area (Å²) < 4.78 is 0. The molecule has 2 rings (SSSR count). The number of fused-ring (bicyclic) bond motifs is 1. The van der Waals surface area contributed by atoms with E-state index in [0.29, 0.717) is 11.3 Å². The highest BCUT2D eigenvalue weighted by Crippen LogP contribution is 2.55. The van der Waals surface area contributed by atoms with Gasteiger partial charge in [0.1, 0.15) is 0 Å². The molecule has 0 aromatic carbocycles. The van der Waals surface area contributed by atoms with E-state index in [1.807, 2.05) is 13.8 Å². The Morgan fingerprint density at radius 1 is 1.19 bits per heavy atom. The normalized spacial score (nSPS) is 45.2. The molecular weight excluding hydrogens is 196 g/mol. The third kappa shape index (κ3) is 2.16. The zero-order valence-electron chi connectivity index (χ0n) is 11.4. The highest BCUT2D eigenvalue weighted by molar-refractivity contribution is 4.97. The first kappa shape index (κ1) is 12.4. The van der Waals surface area contributed by atoms with Gasteiger partial charge < -0.3 is 5.11 Å². The summed E-state index contributed by atoms with van der Waals surface area (Å²) in [6.07, 6.45) is 8.04. The SMILES string of the molecule is CC1CCC[C@]2(C)CC[C@H](C(C)(C)O)C[C@H]12. The van der Waals surface area contributed by atoms with Gasteiger partial charge in [-0.1, -0.05) is 26.7 Å². The molecule has 4 atom stereocenters. The van der Waals surface area contributed by atoms with Gasteiger partial charge in [-0.25, -0.2) is 0 Å². The maximum atomic E-state index is 10.2. The molecule has 0 aliphatic heterocycles. The Morgan fingerprint density at radius 2 is 1.88 bits per heavy atom. The maximum Gasteiger partial charge on any atom is 0.0619 e. The number of rotatable bonds is 1. The van der Waals surface area contributed by atoms with Gasteiger partial charge in [-0.05, 0) is 62.7 Å². The van der Waals surface area contributed by atoms with Crippen molar-refractivity contribution in [2.75, 3.05) is 0 Å². The third-order valence-corrected chi connectivity index (χ3v) is 5.59. The van der Waals surface area contributed by atoms with Crippen molar-refractivity contribution in [3.05, 3.63) is 0 Å². The van der Waals surface area contributed by atoms with Crippen LogP contribution in [0.1, 0.15) is 66.2 Å². The monoisotopic (exact) mass is 224 g/mol.